The van der Waals surface area contributed by atoms with Gasteiger partial charge in [-0.1, -0.05) is 0 Å². The molecule has 0 aliphatic carbocycles. The van der Waals surface area contributed by atoms with Crippen LogP contribution in [0.25, 0.3) is 0 Å². The van der Waals surface area contributed by atoms with Gasteiger partial charge in [0.05, 0.1) is 23.2 Å². The van der Waals surface area contributed by atoms with Gasteiger partial charge < -0.3 is 0 Å². The summed E-state index contributed by atoms with van der Waals surface area (Å²) in [4.78, 5) is 31.0. The summed E-state index contributed by atoms with van der Waals surface area (Å²) >= 11 is 1.63. The molecule has 1 N–H and O–H groups in total. The molecule has 5 nitrogen and oxygen atoms in total. The molecule has 0 bridgehead atoms. The lowest BCUT2D eigenvalue weighted by molar-refractivity contribution is -0.140. The Kier molecular flexibility index (Phi) is 4.25. The topological polar surface area (TPSA) is 62.3 Å². The van der Waals surface area contributed by atoms with Gasteiger partial charge >= 0.3 is 0 Å². The number of rotatable bonds is 4. The van der Waals surface area contributed by atoms with E-state index in [1.807, 2.05) is 34.6 Å². The number of aryl methyl sites for hydroxylation is 2. The van der Waals surface area contributed by atoms with Crippen molar-refractivity contribution in [2.24, 2.45) is 0 Å². The number of aromatic nitrogens is 1. The molecule has 1 fully saturated rings. The highest BCUT2D eigenvalue weighted by atomic mass is 32.1. The predicted molar refractivity (Wildman–Crippen MR) is 78.5 cm³/mol. The van der Waals surface area contributed by atoms with E-state index in [4.69, 9.17) is 0 Å². The number of imide groups is 1. The van der Waals surface area contributed by atoms with Crippen molar-refractivity contribution < 1.29 is 9.59 Å². The summed E-state index contributed by atoms with van der Waals surface area (Å²) in [5.74, 6) is -0.206. The molecule has 0 spiro atoms. The second-order valence-corrected chi connectivity index (χ2v) is 6.76. The van der Waals surface area contributed by atoms with E-state index >= 15 is 0 Å². The number of nitrogens with one attached hydrogen (secondary N) is 1. The first kappa shape index (κ1) is 15.1. The van der Waals surface area contributed by atoms with Gasteiger partial charge in [-0.3, -0.25) is 19.8 Å². The monoisotopic (exact) mass is 295 g/mol. The van der Waals surface area contributed by atoms with Crippen LogP contribution in [0.4, 0.5) is 0 Å². The first-order valence-electron chi connectivity index (χ1n) is 6.87. The molecule has 0 radical (unpaired) electrons. The molecular weight excluding hydrogens is 274 g/mol. The summed E-state index contributed by atoms with van der Waals surface area (Å²) in [6.07, 6.45) is 0.248. The van der Waals surface area contributed by atoms with E-state index < -0.39 is 6.04 Å². The van der Waals surface area contributed by atoms with Crippen LogP contribution in [0.1, 0.15) is 48.8 Å². The van der Waals surface area contributed by atoms with Crippen LogP contribution in [0.3, 0.4) is 0 Å². The molecule has 1 aliphatic rings. The molecule has 1 aromatic heterocycles. The third-order valence-corrected chi connectivity index (χ3v) is 4.74. The number of amides is 2. The molecule has 6 heteroatoms. The number of likely N-dealkylation sites (tertiary alicyclic amines) is 1. The fraction of sp³-hybridized carbons (Fsp3) is 0.643. The van der Waals surface area contributed by atoms with Crippen molar-refractivity contribution in [1.29, 1.82) is 0 Å². The van der Waals surface area contributed by atoms with Gasteiger partial charge in [0.25, 0.3) is 0 Å². The highest BCUT2D eigenvalue weighted by Gasteiger charge is 2.40. The minimum absolute atomic E-state index is 0.0232. The molecule has 0 saturated carbocycles. The average molecular weight is 295 g/mol. The smallest absolute Gasteiger partial charge is 0.247 e. The quantitative estimate of drug-likeness (QED) is 0.862. The lowest BCUT2D eigenvalue weighted by Gasteiger charge is -2.21. The molecule has 2 rings (SSSR count). The van der Waals surface area contributed by atoms with Gasteiger partial charge in [-0.05, 0) is 34.6 Å². The van der Waals surface area contributed by atoms with Gasteiger partial charge in [0.2, 0.25) is 11.8 Å². The predicted octanol–water partition coefficient (Wildman–Crippen LogP) is 1.95. The number of carbonyl (C=O) groups is 2. The van der Waals surface area contributed by atoms with Crippen molar-refractivity contribution in [2.75, 3.05) is 0 Å². The first-order chi connectivity index (χ1) is 9.31. The minimum Gasteiger partial charge on any atom is -0.298 e. The van der Waals surface area contributed by atoms with Gasteiger partial charge in [-0.2, -0.15) is 0 Å². The van der Waals surface area contributed by atoms with E-state index in [-0.39, 0.29) is 30.3 Å². The Morgan fingerprint density at radius 3 is 2.40 bits per heavy atom. The fourth-order valence-corrected chi connectivity index (χ4v) is 3.59. The maximum absolute atomic E-state index is 12.2. The molecule has 20 heavy (non-hydrogen) atoms. The van der Waals surface area contributed by atoms with Gasteiger partial charge in [0.15, 0.2) is 0 Å². The van der Waals surface area contributed by atoms with Crippen LogP contribution in [0.15, 0.2) is 0 Å². The van der Waals surface area contributed by atoms with Crippen molar-refractivity contribution >= 4 is 23.2 Å². The largest absolute Gasteiger partial charge is 0.298 e. The normalized spacial score (nSPS) is 21.1. The SMILES string of the molecule is Cc1nc(C)c(C(C)NC2CC(=O)N(C(C)C)C2=O)s1. The van der Waals surface area contributed by atoms with Crippen LogP contribution < -0.4 is 5.32 Å². The highest BCUT2D eigenvalue weighted by Crippen LogP contribution is 2.26. The van der Waals surface area contributed by atoms with E-state index in [2.05, 4.69) is 10.3 Å². The Labute approximate surface area is 123 Å². The summed E-state index contributed by atoms with van der Waals surface area (Å²) < 4.78 is 0. The summed E-state index contributed by atoms with van der Waals surface area (Å²) in [6, 6.07) is -0.471. The minimum atomic E-state index is -0.415. The van der Waals surface area contributed by atoms with E-state index in [0.29, 0.717) is 0 Å². The van der Waals surface area contributed by atoms with E-state index in [0.717, 1.165) is 15.6 Å². The zero-order valence-corrected chi connectivity index (χ0v) is 13.4. The van der Waals surface area contributed by atoms with E-state index in [1.165, 1.54) is 4.90 Å². The van der Waals surface area contributed by atoms with E-state index in [9.17, 15) is 9.59 Å². The Morgan fingerprint density at radius 1 is 1.30 bits per heavy atom. The molecule has 1 aliphatic heterocycles. The third kappa shape index (κ3) is 2.76. The zero-order chi connectivity index (χ0) is 15.0. The molecule has 2 amide bonds. The summed E-state index contributed by atoms with van der Waals surface area (Å²) in [5.41, 5.74) is 0.991. The lowest BCUT2D eigenvalue weighted by atomic mass is 10.2. The summed E-state index contributed by atoms with van der Waals surface area (Å²) in [5, 5.41) is 4.29. The Morgan fingerprint density at radius 2 is 1.95 bits per heavy atom. The second kappa shape index (κ2) is 5.61. The van der Waals surface area contributed by atoms with Crippen molar-refractivity contribution in [3.05, 3.63) is 15.6 Å². The summed E-state index contributed by atoms with van der Waals surface area (Å²) in [6.45, 7) is 9.67. The Balaban J connectivity index is 2.09. The maximum Gasteiger partial charge on any atom is 0.247 e. The number of hydrogen-bond acceptors (Lipinski definition) is 5. The number of carbonyl (C=O) groups excluding carboxylic acids is 2. The first-order valence-corrected chi connectivity index (χ1v) is 7.68. The second-order valence-electron chi connectivity index (χ2n) is 5.52. The van der Waals surface area contributed by atoms with Crippen molar-refractivity contribution in [2.45, 2.75) is 59.2 Å². The van der Waals surface area contributed by atoms with Crippen LogP contribution in [-0.4, -0.2) is 33.8 Å². The van der Waals surface area contributed by atoms with Gasteiger partial charge in [-0.15, -0.1) is 11.3 Å². The zero-order valence-electron chi connectivity index (χ0n) is 12.6. The van der Waals surface area contributed by atoms with Crippen LogP contribution >= 0.6 is 11.3 Å². The summed E-state index contributed by atoms with van der Waals surface area (Å²) in [7, 11) is 0. The fourth-order valence-electron chi connectivity index (χ4n) is 2.65. The highest BCUT2D eigenvalue weighted by molar-refractivity contribution is 7.11. The third-order valence-electron chi connectivity index (χ3n) is 3.48. The van der Waals surface area contributed by atoms with Crippen LogP contribution in [0.5, 0.6) is 0 Å². The number of thiazole rings is 1. The van der Waals surface area contributed by atoms with Gasteiger partial charge in [0.1, 0.15) is 0 Å². The molecular formula is C14H21N3O2S. The van der Waals surface area contributed by atoms with E-state index in [1.54, 1.807) is 11.3 Å². The molecule has 2 unspecified atom stereocenters. The van der Waals surface area contributed by atoms with Crippen LogP contribution in [0, 0.1) is 13.8 Å². The molecule has 0 aromatic carbocycles. The average Bonchev–Trinajstić information content (AvgIpc) is 2.79. The van der Waals surface area contributed by atoms with Gasteiger partial charge in [0, 0.05) is 17.0 Å². The van der Waals surface area contributed by atoms with Crippen molar-refractivity contribution in [1.82, 2.24) is 15.2 Å². The molecule has 2 heterocycles. The van der Waals surface area contributed by atoms with Crippen LogP contribution in [-0.2, 0) is 9.59 Å². The molecule has 1 saturated heterocycles. The van der Waals surface area contributed by atoms with Crippen molar-refractivity contribution in [3.63, 3.8) is 0 Å². The van der Waals surface area contributed by atoms with Crippen molar-refractivity contribution in [3.8, 4) is 0 Å². The molecule has 110 valence electrons. The lowest BCUT2D eigenvalue weighted by Crippen LogP contribution is -2.42. The molecule has 2 atom stereocenters. The number of nitrogens with zero attached hydrogens (tertiary/aromatic N) is 2. The maximum atomic E-state index is 12.2. The van der Waals surface area contributed by atoms with Crippen LogP contribution in [0.2, 0.25) is 0 Å². The molecule has 1 aromatic rings. The standard InChI is InChI=1S/C14H21N3O2S/c1-7(2)17-12(18)6-11(14(17)19)16-9(4)13-8(3)15-10(5)20-13/h7,9,11,16H,6H2,1-5H3. The van der Waals surface area contributed by atoms with Gasteiger partial charge in [-0.25, -0.2) is 4.98 Å². The number of hydrogen-bond donors (Lipinski definition) is 1. The Bertz CT molecular complexity index is 539. The Hall–Kier alpha value is -1.27.